The number of anilines is 2. The second-order valence-electron chi connectivity index (χ2n) is 12.1. The molecule has 10 nitrogen and oxygen atoms in total. The number of aromatic nitrogens is 5. The van der Waals surface area contributed by atoms with Crippen LogP contribution >= 0.6 is 0 Å². The normalized spacial score (nSPS) is 11.6. The van der Waals surface area contributed by atoms with Gasteiger partial charge in [-0.2, -0.15) is 0 Å². The minimum atomic E-state index is -0.669. The topological polar surface area (TPSA) is 97.9 Å². The number of carbonyl (C=O) groups is 1. The number of nitrogens with zero attached hydrogens (tertiary/aromatic N) is 7. The first kappa shape index (κ1) is 29.6. The number of rotatable bonds is 7. The van der Waals surface area contributed by atoms with Crippen molar-refractivity contribution < 1.29 is 9.53 Å². The number of carbonyl (C=O) groups excluding carboxylic acids is 1. The number of hydrogen-bond acceptors (Lipinski definition) is 7. The van der Waals surface area contributed by atoms with E-state index in [-0.39, 0.29) is 12.1 Å². The molecule has 6 aromatic rings. The summed E-state index contributed by atoms with van der Waals surface area (Å²) in [4.78, 5) is 43.9. The third kappa shape index (κ3) is 6.40. The monoisotopic (exact) mass is 601 g/mol. The van der Waals surface area contributed by atoms with Crippen molar-refractivity contribution in [2.45, 2.75) is 39.5 Å². The van der Waals surface area contributed by atoms with E-state index in [0.29, 0.717) is 17.7 Å². The molecular weight excluding hydrogens is 566 g/mol. The molecule has 0 N–H and O–H groups in total. The van der Waals surface area contributed by atoms with Crippen LogP contribution in [0.25, 0.3) is 27.5 Å². The molecule has 6 rings (SSSR count). The highest BCUT2D eigenvalue weighted by atomic mass is 16.6. The van der Waals surface area contributed by atoms with Gasteiger partial charge in [0.2, 0.25) is 0 Å². The van der Waals surface area contributed by atoms with Crippen molar-refractivity contribution in [2.24, 2.45) is 0 Å². The van der Waals surface area contributed by atoms with E-state index in [1.807, 2.05) is 117 Å². The van der Waals surface area contributed by atoms with Crippen LogP contribution in [-0.4, -0.2) is 49.7 Å². The predicted octanol–water partition coefficient (Wildman–Crippen LogP) is 6.16. The fraction of sp³-hybridized carbons (Fsp3) is 0.229. The van der Waals surface area contributed by atoms with Crippen LogP contribution in [-0.2, 0) is 17.8 Å². The van der Waals surface area contributed by atoms with Gasteiger partial charge in [0.25, 0.3) is 5.56 Å². The smallest absolute Gasteiger partial charge is 0.416 e. The number of fused-ring (bicyclic) bond motifs is 2. The maximum atomic E-state index is 13.5. The van der Waals surface area contributed by atoms with Gasteiger partial charge < -0.3 is 18.6 Å². The molecule has 0 saturated carbocycles. The summed E-state index contributed by atoms with van der Waals surface area (Å²) >= 11 is 0. The van der Waals surface area contributed by atoms with Gasteiger partial charge in [0.05, 0.1) is 24.2 Å². The molecule has 10 heteroatoms. The molecule has 0 aliphatic rings. The Balaban J connectivity index is 1.28. The summed E-state index contributed by atoms with van der Waals surface area (Å²) in [6, 6.07) is 19.5. The quantitative estimate of drug-likeness (QED) is 0.216. The summed E-state index contributed by atoms with van der Waals surface area (Å²) in [5, 5.41) is 1.41. The number of imidazole rings is 1. The molecule has 5 heterocycles. The molecule has 0 aliphatic carbocycles. The first-order valence-electron chi connectivity index (χ1n) is 14.7. The van der Waals surface area contributed by atoms with Gasteiger partial charge in [-0.05, 0) is 55.5 Å². The lowest BCUT2D eigenvalue weighted by molar-refractivity contribution is 0.0576. The molecule has 1 aromatic carbocycles. The first-order chi connectivity index (χ1) is 21.6. The average Bonchev–Trinajstić information content (AvgIpc) is 3.42. The molecule has 0 aliphatic heterocycles. The average molecular weight is 602 g/mol. The van der Waals surface area contributed by atoms with Crippen LogP contribution in [0.1, 0.15) is 32.0 Å². The van der Waals surface area contributed by atoms with E-state index in [9.17, 15) is 9.59 Å². The Morgan fingerprint density at radius 1 is 0.956 bits per heavy atom. The summed E-state index contributed by atoms with van der Waals surface area (Å²) in [5.74, 6) is 0.488. The van der Waals surface area contributed by atoms with Crippen molar-refractivity contribution in [1.29, 1.82) is 0 Å². The highest BCUT2D eigenvalue weighted by molar-refractivity contribution is 5.95. The number of hydrogen-bond donors (Lipinski definition) is 0. The van der Waals surface area contributed by atoms with Crippen LogP contribution in [0.2, 0.25) is 0 Å². The Hall–Kier alpha value is -5.51. The fourth-order valence-corrected chi connectivity index (χ4v) is 5.19. The standard InChI is InChI=1S/C35H35N7O3/c1-35(2,3)45-34(44)42(32-17-27(39(4)5)13-15-37-32)21-24-11-12-31-38-26(23-41(31)20-24)22-40-16-14-28-29(25-9-7-6-8-10-25)18-36-19-30(28)33(40)43/h6-20,23H,21-22H2,1-5H3. The molecule has 228 valence electrons. The minimum absolute atomic E-state index is 0.129. The lowest BCUT2D eigenvalue weighted by Crippen LogP contribution is -2.37. The maximum Gasteiger partial charge on any atom is 0.416 e. The van der Waals surface area contributed by atoms with Gasteiger partial charge in [-0.25, -0.2) is 14.8 Å². The van der Waals surface area contributed by atoms with E-state index in [2.05, 4.69) is 9.97 Å². The van der Waals surface area contributed by atoms with Crippen molar-refractivity contribution in [1.82, 2.24) is 23.9 Å². The molecule has 0 radical (unpaired) electrons. The number of ether oxygens (including phenoxy) is 1. The molecule has 0 bridgehead atoms. The number of benzene rings is 1. The van der Waals surface area contributed by atoms with Crippen molar-refractivity contribution in [2.75, 3.05) is 23.9 Å². The van der Waals surface area contributed by atoms with Crippen molar-refractivity contribution in [3.63, 3.8) is 0 Å². The first-order valence-corrected chi connectivity index (χ1v) is 14.7. The Labute approximate surface area is 261 Å². The molecule has 0 atom stereocenters. The van der Waals surface area contributed by atoms with Crippen molar-refractivity contribution >= 4 is 34.0 Å². The Kier molecular flexibility index (Phi) is 7.80. The zero-order valence-electron chi connectivity index (χ0n) is 26.0. The molecule has 0 spiro atoms. The van der Waals surface area contributed by atoms with Crippen LogP contribution in [0, 0.1) is 0 Å². The van der Waals surface area contributed by atoms with Crippen LogP contribution in [0.15, 0.2) is 103 Å². The summed E-state index contributed by atoms with van der Waals surface area (Å²) in [5.41, 5.74) is 4.36. The lowest BCUT2D eigenvalue weighted by Gasteiger charge is -2.27. The molecule has 0 fully saturated rings. The van der Waals surface area contributed by atoms with Crippen LogP contribution in [0.5, 0.6) is 0 Å². The molecule has 0 saturated heterocycles. The van der Waals surface area contributed by atoms with Gasteiger partial charge in [0.1, 0.15) is 17.1 Å². The maximum absolute atomic E-state index is 13.5. The van der Waals surface area contributed by atoms with Gasteiger partial charge in [0.15, 0.2) is 0 Å². The Bertz CT molecular complexity index is 2060. The Morgan fingerprint density at radius 3 is 2.51 bits per heavy atom. The molecule has 1 amide bonds. The molecule has 5 aromatic heterocycles. The molecule has 0 unspecified atom stereocenters. The van der Waals surface area contributed by atoms with E-state index in [1.54, 1.807) is 29.4 Å². The fourth-order valence-electron chi connectivity index (χ4n) is 5.19. The van der Waals surface area contributed by atoms with Crippen LogP contribution in [0.4, 0.5) is 16.3 Å². The van der Waals surface area contributed by atoms with Gasteiger partial charge in [-0.15, -0.1) is 0 Å². The third-order valence-corrected chi connectivity index (χ3v) is 7.36. The van der Waals surface area contributed by atoms with E-state index >= 15 is 0 Å². The third-order valence-electron chi connectivity index (χ3n) is 7.36. The largest absolute Gasteiger partial charge is 0.443 e. The number of amides is 1. The summed E-state index contributed by atoms with van der Waals surface area (Å²) < 4.78 is 9.29. The predicted molar refractivity (Wildman–Crippen MR) is 177 cm³/mol. The summed E-state index contributed by atoms with van der Waals surface area (Å²) in [7, 11) is 3.87. The van der Waals surface area contributed by atoms with Crippen molar-refractivity contribution in [3.05, 3.63) is 119 Å². The van der Waals surface area contributed by atoms with Crippen LogP contribution < -0.4 is 15.4 Å². The van der Waals surface area contributed by atoms with Gasteiger partial charge >= 0.3 is 6.09 Å². The van der Waals surface area contributed by atoms with E-state index in [1.165, 1.54) is 4.90 Å². The highest BCUT2D eigenvalue weighted by Crippen LogP contribution is 2.26. The summed E-state index contributed by atoms with van der Waals surface area (Å²) in [6.45, 7) is 6.05. The van der Waals surface area contributed by atoms with Crippen molar-refractivity contribution in [3.8, 4) is 11.1 Å². The van der Waals surface area contributed by atoms with Gasteiger partial charge in [-0.3, -0.25) is 14.7 Å². The van der Waals surface area contributed by atoms with E-state index in [0.717, 1.165) is 39.1 Å². The van der Waals surface area contributed by atoms with Gasteiger partial charge in [-0.1, -0.05) is 36.4 Å². The van der Waals surface area contributed by atoms with E-state index in [4.69, 9.17) is 9.72 Å². The SMILES string of the molecule is CN(C)c1ccnc(N(Cc2ccc3nc(Cn4ccc5c(-c6ccccc6)cncc5c4=O)cn3c2)C(=O)OC(C)(C)C)c1. The highest BCUT2D eigenvalue weighted by Gasteiger charge is 2.25. The zero-order valence-corrected chi connectivity index (χ0v) is 26.0. The van der Waals surface area contributed by atoms with Crippen LogP contribution in [0.3, 0.4) is 0 Å². The second kappa shape index (κ2) is 11.9. The molecule has 45 heavy (non-hydrogen) atoms. The van der Waals surface area contributed by atoms with Gasteiger partial charge in [0, 0.05) is 68.6 Å². The zero-order chi connectivity index (χ0) is 31.7. The number of pyridine rings is 4. The molecular formula is C35H35N7O3. The minimum Gasteiger partial charge on any atom is -0.443 e. The Morgan fingerprint density at radius 2 is 1.76 bits per heavy atom. The lowest BCUT2D eigenvalue weighted by atomic mass is 10.0. The van der Waals surface area contributed by atoms with E-state index < -0.39 is 11.7 Å². The summed E-state index contributed by atoms with van der Waals surface area (Å²) in [6.07, 6.45) is 10.2. The second-order valence-corrected chi connectivity index (χ2v) is 12.1.